The number of hydrogen-bond donors (Lipinski definition) is 2. The van der Waals surface area contributed by atoms with Crippen LogP contribution in [0.25, 0.3) is 17.3 Å². The van der Waals surface area contributed by atoms with Crippen LogP contribution in [0.1, 0.15) is 56.4 Å². The Morgan fingerprint density at radius 3 is 2.35 bits per heavy atom. The summed E-state index contributed by atoms with van der Waals surface area (Å²) in [6.45, 7) is 5.87. The van der Waals surface area contributed by atoms with Crippen molar-refractivity contribution in [2.75, 3.05) is 12.0 Å². The number of aliphatic hydroxyl groups is 2. The number of halogens is 1. The predicted octanol–water partition coefficient (Wildman–Crippen LogP) is 5.59. The summed E-state index contributed by atoms with van der Waals surface area (Å²) in [6.07, 6.45) is 3.03. The molecule has 0 saturated heterocycles. The number of hydrogen-bond acceptors (Lipinski definition) is 8. The molecule has 4 rings (SSSR count). The molecule has 9 nitrogen and oxygen atoms in total. The van der Waals surface area contributed by atoms with E-state index in [-0.39, 0.29) is 30.4 Å². The Bertz CT molecular complexity index is 1550. The number of aliphatic hydroxyl groups excluding tert-OH is 2. The van der Waals surface area contributed by atoms with Crippen molar-refractivity contribution in [1.82, 2.24) is 19.7 Å². The lowest BCUT2D eigenvalue weighted by molar-refractivity contribution is -0.119. The Balaban J connectivity index is 1.85. The number of nitrogens with zero attached hydrogens (tertiary/aromatic N) is 5. The first-order chi connectivity index (χ1) is 20.5. The minimum absolute atomic E-state index is 0.00798. The van der Waals surface area contributed by atoms with Crippen LogP contribution in [-0.2, 0) is 18.4 Å². The van der Waals surface area contributed by atoms with Gasteiger partial charge in [-0.2, -0.15) is 5.10 Å². The van der Waals surface area contributed by atoms with Crippen LogP contribution < -0.4 is 9.64 Å². The number of aryl methyl sites for hydroxylation is 1. The first-order valence-electron chi connectivity index (χ1n) is 14.2. The molecule has 0 radical (unpaired) electrons. The van der Waals surface area contributed by atoms with Crippen LogP contribution in [0.4, 0.5) is 16.2 Å². The van der Waals surface area contributed by atoms with Gasteiger partial charge in [-0.1, -0.05) is 38.1 Å². The van der Waals surface area contributed by atoms with E-state index < -0.39 is 12.2 Å². The first kappa shape index (κ1) is 31.5. The highest BCUT2D eigenvalue weighted by Gasteiger charge is 2.23. The van der Waals surface area contributed by atoms with Crippen LogP contribution in [0, 0.1) is 5.82 Å². The fourth-order valence-corrected chi connectivity index (χ4v) is 4.81. The van der Waals surface area contributed by atoms with Gasteiger partial charge in [0.2, 0.25) is 5.95 Å². The number of anilines is 2. The van der Waals surface area contributed by atoms with E-state index in [0.717, 1.165) is 22.8 Å². The largest absolute Gasteiger partial charge is 0.497 e. The van der Waals surface area contributed by atoms with Gasteiger partial charge in [0.15, 0.2) is 0 Å². The van der Waals surface area contributed by atoms with Gasteiger partial charge in [-0.3, -0.25) is 14.4 Å². The molecule has 0 bridgehead atoms. The van der Waals surface area contributed by atoms with Crippen molar-refractivity contribution in [3.05, 3.63) is 89.5 Å². The Morgan fingerprint density at radius 1 is 1.07 bits per heavy atom. The maximum absolute atomic E-state index is 14.0. The van der Waals surface area contributed by atoms with Crippen molar-refractivity contribution < 1.29 is 24.1 Å². The van der Waals surface area contributed by atoms with Crippen molar-refractivity contribution in [2.45, 2.75) is 58.3 Å². The molecular weight excluding hydrogens is 549 g/mol. The molecule has 2 atom stereocenters. The number of rotatable bonds is 13. The molecular formula is C33H38FN5O4. The lowest BCUT2D eigenvalue weighted by atomic mass is 9.97. The summed E-state index contributed by atoms with van der Waals surface area (Å²) in [4.78, 5) is 23.4. The van der Waals surface area contributed by atoms with Crippen LogP contribution in [0.5, 0.6) is 5.75 Å². The van der Waals surface area contributed by atoms with Gasteiger partial charge in [0.05, 0.1) is 43.4 Å². The molecule has 0 unspecified atom stereocenters. The number of carbonyl (C=O) groups is 1. The van der Waals surface area contributed by atoms with E-state index in [1.807, 2.05) is 56.1 Å². The topological polar surface area (TPSA) is 114 Å². The molecule has 0 aliphatic rings. The van der Waals surface area contributed by atoms with Crippen molar-refractivity contribution >= 4 is 23.6 Å². The number of ketones is 1. The molecule has 0 aliphatic heterocycles. The zero-order valence-corrected chi connectivity index (χ0v) is 25.1. The van der Waals surface area contributed by atoms with Gasteiger partial charge in [0.25, 0.3) is 0 Å². The van der Waals surface area contributed by atoms with Crippen molar-refractivity contribution in [3.8, 4) is 17.0 Å². The maximum atomic E-state index is 14.0. The standard InChI is InChI=1S/C33H38FN5O4/c1-21(2)31-29(15-12-26(41)19-27(42)18-22(3)40)32(24-8-10-25(34)11-9-24)37-33(36-31)39(30-16-17-35-38(30)4)20-23-6-13-28(43-5)14-7-23/h6-17,21,26-27,41-42H,18-20H2,1-5H3/b15-12+/t26-,27+/m1/s1. The monoisotopic (exact) mass is 587 g/mol. The van der Waals surface area contributed by atoms with E-state index in [9.17, 15) is 19.4 Å². The van der Waals surface area contributed by atoms with Crippen molar-refractivity contribution in [1.29, 1.82) is 0 Å². The average molecular weight is 588 g/mol. The smallest absolute Gasteiger partial charge is 0.232 e. The van der Waals surface area contributed by atoms with E-state index in [1.165, 1.54) is 19.1 Å². The van der Waals surface area contributed by atoms with Gasteiger partial charge in [-0.25, -0.2) is 14.4 Å². The van der Waals surface area contributed by atoms with Crippen LogP contribution in [0.15, 0.2) is 66.9 Å². The lowest BCUT2D eigenvalue weighted by Crippen LogP contribution is -2.23. The summed E-state index contributed by atoms with van der Waals surface area (Å²) in [6, 6.07) is 15.7. The fraction of sp³-hybridized carbons (Fsp3) is 0.333. The number of Topliss-reactive ketones (excluding diaryl/α,β-unsaturated/α-hetero) is 1. The van der Waals surface area contributed by atoms with Crippen LogP contribution in [0.3, 0.4) is 0 Å². The number of benzene rings is 2. The number of ether oxygens (including phenoxy) is 1. The van der Waals surface area contributed by atoms with E-state index >= 15 is 0 Å². The van der Waals surface area contributed by atoms with Crippen LogP contribution in [-0.4, -0.2) is 55.1 Å². The van der Waals surface area contributed by atoms with Gasteiger partial charge >= 0.3 is 0 Å². The van der Waals surface area contributed by atoms with E-state index in [4.69, 9.17) is 14.7 Å². The highest BCUT2D eigenvalue weighted by molar-refractivity contribution is 5.76. The van der Waals surface area contributed by atoms with Crippen molar-refractivity contribution in [2.24, 2.45) is 7.05 Å². The molecule has 43 heavy (non-hydrogen) atoms. The van der Waals surface area contributed by atoms with Crippen LogP contribution in [0.2, 0.25) is 0 Å². The maximum Gasteiger partial charge on any atom is 0.232 e. The second-order valence-electron chi connectivity index (χ2n) is 10.8. The molecule has 0 saturated carbocycles. The van der Waals surface area contributed by atoms with Crippen molar-refractivity contribution in [3.63, 3.8) is 0 Å². The van der Waals surface area contributed by atoms with Gasteiger partial charge in [-0.15, -0.1) is 0 Å². The quantitative estimate of drug-likeness (QED) is 0.208. The summed E-state index contributed by atoms with van der Waals surface area (Å²) < 4.78 is 21.0. The fourth-order valence-electron chi connectivity index (χ4n) is 4.81. The minimum Gasteiger partial charge on any atom is -0.497 e. The molecule has 2 aromatic heterocycles. The lowest BCUT2D eigenvalue weighted by Gasteiger charge is -2.25. The summed E-state index contributed by atoms with van der Waals surface area (Å²) in [5.74, 6) is 1.38. The van der Waals surface area contributed by atoms with E-state index in [0.29, 0.717) is 29.3 Å². The molecule has 4 aromatic rings. The van der Waals surface area contributed by atoms with E-state index in [2.05, 4.69) is 5.10 Å². The highest BCUT2D eigenvalue weighted by Crippen LogP contribution is 2.34. The van der Waals surface area contributed by atoms with Gasteiger partial charge < -0.3 is 14.9 Å². The highest BCUT2D eigenvalue weighted by atomic mass is 19.1. The van der Waals surface area contributed by atoms with Gasteiger partial charge in [0, 0.05) is 37.1 Å². The van der Waals surface area contributed by atoms with Gasteiger partial charge in [0.1, 0.15) is 23.2 Å². The SMILES string of the molecule is COc1ccc(CN(c2nc(-c3ccc(F)cc3)c(/C=C/[C@@H](O)C[C@@H](O)CC(C)=O)c(C(C)C)n2)c2ccnn2C)cc1. The molecule has 2 heterocycles. The molecule has 0 spiro atoms. The molecule has 0 fully saturated rings. The average Bonchev–Trinajstić information content (AvgIpc) is 3.40. The molecule has 0 aliphatic carbocycles. The Morgan fingerprint density at radius 2 is 1.77 bits per heavy atom. The summed E-state index contributed by atoms with van der Waals surface area (Å²) in [5, 5.41) is 25.2. The Kier molecular flexibility index (Phi) is 10.4. The van der Waals surface area contributed by atoms with Crippen LogP contribution >= 0.6 is 0 Å². The molecule has 10 heteroatoms. The second-order valence-corrected chi connectivity index (χ2v) is 10.8. The number of aromatic nitrogens is 4. The number of methoxy groups -OCH3 is 1. The molecule has 226 valence electrons. The summed E-state index contributed by atoms with van der Waals surface area (Å²) in [7, 11) is 3.47. The van der Waals surface area contributed by atoms with E-state index in [1.54, 1.807) is 42.3 Å². The minimum atomic E-state index is -1.00. The Hall–Kier alpha value is -4.41. The predicted molar refractivity (Wildman–Crippen MR) is 165 cm³/mol. The third kappa shape index (κ3) is 8.12. The zero-order valence-electron chi connectivity index (χ0n) is 25.1. The third-order valence-corrected chi connectivity index (χ3v) is 6.96. The first-order valence-corrected chi connectivity index (χ1v) is 14.2. The molecule has 2 N–H and O–H groups in total. The summed E-state index contributed by atoms with van der Waals surface area (Å²) in [5.41, 5.74) is 3.62. The molecule has 2 aromatic carbocycles. The van der Waals surface area contributed by atoms with Gasteiger partial charge in [-0.05, 0) is 54.8 Å². The third-order valence-electron chi connectivity index (χ3n) is 6.96. The second kappa shape index (κ2) is 14.2. The Labute approximate surface area is 251 Å². The summed E-state index contributed by atoms with van der Waals surface area (Å²) >= 11 is 0. The zero-order chi connectivity index (χ0) is 31.1. The normalized spacial score (nSPS) is 13.0. The molecule has 0 amide bonds. The number of carbonyl (C=O) groups excluding carboxylic acids is 1.